The number of ether oxygens (including phenoxy) is 4. The van der Waals surface area contributed by atoms with Crippen LogP contribution in [0, 0.1) is 11.3 Å². The molecule has 0 spiro atoms. The van der Waals surface area contributed by atoms with Gasteiger partial charge in [-0.05, 0) is 33.1 Å². The lowest BCUT2D eigenvalue weighted by Crippen LogP contribution is -2.55. The molecule has 3 N–H and O–H groups in total. The molecule has 2 saturated heterocycles. The first-order valence-corrected chi connectivity index (χ1v) is 15.7. The number of esters is 2. The zero-order valence-corrected chi connectivity index (χ0v) is 26.4. The van der Waals surface area contributed by atoms with Crippen LogP contribution in [-0.2, 0) is 28.5 Å². The number of aliphatic hydroxyl groups excluding tert-OH is 3. The van der Waals surface area contributed by atoms with Gasteiger partial charge in [-0.15, -0.1) is 0 Å². The SMILES string of the molecule is CCOC(=O)[C@H](O)C/C=C\C[C@@H]1O[C@@H]2/C=C\C/C=C\C(C)=C/[C@H]3O[C@@H](C/C=C\C=C/C(=O)O[C@H](C2)[C@@]1(C)CO)C[C@H](O)[C@H]3C. The number of carbonyl (C=O) groups excluding carboxylic acids is 2. The van der Waals surface area contributed by atoms with Gasteiger partial charge in [-0.3, -0.25) is 0 Å². The van der Waals surface area contributed by atoms with Gasteiger partial charge < -0.3 is 34.3 Å². The molecular weight excluding hydrogens is 564 g/mol. The fraction of sp³-hybridized carbons (Fsp3) is 0.600. The minimum atomic E-state index is -1.25. The molecule has 244 valence electrons. The molecule has 0 aliphatic carbocycles. The Morgan fingerprint density at radius 3 is 2.70 bits per heavy atom. The van der Waals surface area contributed by atoms with Crippen LogP contribution in [0.5, 0.6) is 0 Å². The van der Waals surface area contributed by atoms with Crippen molar-refractivity contribution in [1.82, 2.24) is 0 Å². The van der Waals surface area contributed by atoms with E-state index in [1.807, 2.05) is 51.2 Å². The number of rotatable bonds is 7. The average molecular weight is 615 g/mol. The fourth-order valence-electron chi connectivity index (χ4n) is 5.67. The van der Waals surface area contributed by atoms with Gasteiger partial charge in [0.05, 0.1) is 49.1 Å². The fourth-order valence-corrected chi connectivity index (χ4v) is 5.67. The lowest BCUT2D eigenvalue weighted by Gasteiger charge is -2.47. The second-order valence-electron chi connectivity index (χ2n) is 12.1. The summed E-state index contributed by atoms with van der Waals surface area (Å²) in [5, 5.41) is 31.1. The van der Waals surface area contributed by atoms with Crippen molar-refractivity contribution in [3.8, 4) is 0 Å². The minimum Gasteiger partial charge on any atom is -0.464 e. The van der Waals surface area contributed by atoms with Gasteiger partial charge >= 0.3 is 11.9 Å². The van der Waals surface area contributed by atoms with E-state index in [0.29, 0.717) is 32.1 Å². The first-order chi connectivity index (χ1) is 21.1. The number of aliphatic hydroxyl groups is 3. The lowest BCUT2D eigenvalue weighted by molar-refractivity contribution is -0.198. The summed E-state index contributed by atoms with van der Waals surface area (Å²) in [6.07, 6.45) is 19.4. The Balaban J connectivity index is 1.80. The van der Waals surface area contributed by atoms with Gasteiger partial charge in [0, 0.05) is 31.3 Å². The van der Waals surface area contributed by atoms with Crippen molar-refractivity contribution < 1.29 is 43.9 Å². The van der Waals surface area contributed by atoms with Gasteiger partial charge in [0.15, 0.2) is 6.10 Å². The van der Waals surface area contributed by atoms with Crippen molar-refractivity contribution in [3.63, 3.8) is 0 Å². The number of fused-ring (bicyclic) bond motifs is 4. The van der Waals surface area contributed by atoms with Crippen molar-refractivity contribution >= 4 is 11.9 Å². The molecule has 3 heterocycles. The van der Waals surface area contributed by atoms with Crippen molar-refractivity contribution in [1.29, 1.82) is 0 Å². The van der Waals surface area contributed by atoms with E-state index in [9.17, 15) is 24.9 Å². The highest BCUT2D eigenvalue weighted by Gasteiger charge is 2.49. The number of hydrogen-bond acceptors (Lipinski definition) is 9. The summed E-state index contributed by atoms with van der Waals surface area (Å²) < 4.78 is 23.4. The van der Waals surface area contributed by atoms with E-state index >= 15 is 0 Å². The number of carbonyl (C=O) groups is 2. The lowest BCUT2D eigenvalue weighted by atomic mass is 9.73. The summed E-state index contributed by atoms with van der Waals surface area (Å²) in [4.78, 5) is 24.6. The maximum absolute atomic E-state index is 12.9. The largest absolute Gasteiger partial charge is 0.464 e. The van der Waals surface area contributed by atoms with E-state index in [1.54, 1.807) is 31.2 Å². The molecule has 3 aliphatic heterocycles. The molecule has 0 saturated carbocycles. The molecule has 44 heavy (non-hydrogen) atoms. The van der Waals surface area contributed by atoms with Crippen LogP contribution in [-0.4, -0.2) is 83.2 Å². The third kappa shape index (κ3) is 10.4. The molecule has 4 bridgehead atoms. The monoisotopic (exact) mass is 614 g/mol. The minimum absolute atomic E-state index is 0.0163. The Bertz CT molecular complexity index is 1120. The van der Waals surface area contributed by atoms with E-state index in [2.05, 4.69) is 6.08 Å². The highest BCUT2D eigenvalue weighted by atomic mass is 16.6. The molecule has 0 amide bonds. The highest BCUT2D eigenvalue weighted by Crippen LogP contribution is 2.41. The third-order valence-corrected chi connectivity index (χ3v) is 8.58. The van der Waals surface area contributed by atoms with Crippen molar-refractivity contribution in [3.05, 3.63) is 72.4 Å². The maximum atomic E-state index is 12.9. The molecule has 9 nitrogen and oxygen atoms in total. The molecule has 3 rings (SSSR count). The first kappa shape index (κ1) is 35.7. The van der Waals surface area contributed by atoms with Crippen molar-refractivity contribution in [2.75, 3.05) is 13.2 Å². The van der Waals surface area contributed by atoms with Crippen LogP contribution < -0.4 is 0 Å². The summed E-state index contributed by atoms with van der Waals surface area (Å²) in [5.41, 5.74) is 0.162. The van der Waals surface area contributed by atoms with E-state index < -0.39 is 41.8 Å². The molecule has 0 aromatic heterocycles. The molecule has 0 unspecified atom stereocenters. The molecule has 9 heteroatoms. The molecule has 3 aliphatic rings. The summed E-state index contributed by atoms with van der Waals surface area (Å²) in [5.74, 6) is -1.21. The van der Waals surface area contributed by atoms with Gasteiger partial charge in [0.2, 0.25) is 0 Å². The first-order valence-electron chi connectivity index (χ1n) is 15.7. The number of hydrogen-bond donors (Lipinski definition) is 3. The Morgan fingerprint density at radius 2 is 1.95 bits per heavy atom. The van der Waals surface area contributed by atoms with E-state index in [4.69, 9.17) is 18.9 Å². The summed E-state index contributed by atoms with van der Waals surface area (Å²) in [6, 6.07) is 0. The van der Waals surface area contributed by atoms with Gasteiger partial charge in [-0.25, -0.2) is 9.59 Å². The Hall–Kier alpha value is -2.82. The Kier molecular flexibility index (Phi) is 14.3. The van der Waals surface area contributed by atoms with Crippen LogP contribution in [0.1, 0.15) is 66.2 Å². The maximum Gasteiger partial charge on any atom is 0.335 e. The van der Waals surface area contributed by atoms with Crippen LogP contribution in [0.2, 0.25) is 0 Å². The highest BCUT2D eigenvalue weighted by molar-refractivity contribution is 5.82. The van der Waals surface area contributed by atoms with Crippen LogP contribution in [0.4, 0.5) is 0 Å². The standard InChI is InChI=1S/C35H50O9/c1-5-41-34(40)28(37)17-12-13-18-31-35(4,23-36)32-22-27(43-31)16-9-6-8-14-24(2)20-30-25(3)29(38)21-26(42-30)15-10-7-11-19-33(39)44-32/h7-14,16,19-20,25-32,36-38H,5-6,15,17-18,21-23H2,1-4H3/b10-7-,13-12-,14-8-,16-9-,19-11-,24-20-/t25-,26+,27-,28-,29+,30-,31+,32-,35+/m1/s1. The second kappa shape index (κ2) is 17.6. The van der Waals surface area contributed by atoms with E-state index in [-0.39, 0.29) is 43.9 Å². The normalized spacial score (nSPS) is 38.4. The zero-order chi connectivity index (χ0) is 32.1. The average Bonchev–Trinajstić information content (AvgIpc) is 2.98. The molecule has 2 fully saturated rings. The van der Waals surface area contributed by atoms with E-state index in [1.165, 1.54) is 6.08 Å². The van der Waals surface area contributed by atoms with E-state index in [0.717, 1.165) is 5.57 Å². The van der Waals surface area contributed by atoms with Crippen LogP contribution in [0.15, 0.2) is 72.4 Å². The van der Waals surface area contributed by atoms with Gasteiger partial charge in [-0.1, -0.05) is 80.2 Å². The van der Waals surface area contributed by atoms with Gasteiger partial charge in [-0.2, -0.15) is 0 Å². The van der Waals surface area contributed by atoms with Crippen LogP contribution in [0.3, 0.4) is 0 Å². The summed E-state index contributed by atoms with van der Waals surface area (Å²) in [7, 11) is 0. The summed E-state index contributed by atoms with van der Waals surface area (Å²) in [6.45, 7) is 7.46. The molecule has 0 radical (unpaired) electrons. The third-order valence-electron chi connectivity index (χ3n) is 8.58. The number of allylic oxidation sites excluding steroid dienone is 6. The Morgan fingerprint density at radius 1 is 1.16 bits per heavy atom. The topological polar surface area (TPSA) is 132 Å². The molecule has 9 atom stereocenters. The van der Waals surface area contributed by atoms with Crippen molar-refractivity contribution in [2.24, 2.45) is 11.3 Å². The zero-order valence-electron chi connectivity index (χ0n) is 26.4. The summed E-state index contributed by atoms with van der Waals surface area (Å²) >= 11 is 0. The molecule has 0 aromatic rings. The van der Waals surface area contributed by atoms with Crippen LogP contribution in [0.25, 0.3) is 0 Å². The second-order valence-corrected chi connectivity index (χ2v) is 12.1. The van der Waals surface area contributed by atoms with Crippen molar-refractivity contribution in [2.45, 2.75) is 109 Å². The molecular formula is C35H50O9. The van der Waals surface area contributed by atoms with Gasteiger partial charge in [0.1, 0.15) is 6.10 Å². The predicted molar refractivity (Wildman–Crippen MR) is 167 cm³/mol. The Labute approximate surface area is 261 Å². The van der Waals surface area contributed by atoms with Gasteiger partial charge in [0.25, 0.3) is 0 Å². The predicted octanol–water partition coefficient (Wildman–Crippen LogP) is 4.43. The molecule has 0 aromatic carbocycles. The smallest absolute Gasteiger partial charge is 0.335 e. The van der Waals surface area contributed by atoms with Crippen LogP contribution >= 0.6 is 0 Å². The quantitative estimate of drug-likeness (QED) is 0.281.